The number of amides is 2. The number of benzene rings is 1. The summed E-state index contributed by atoms with van der Waals surface area (Å²) in [5, 5.41) is 6.01. The molecule has 1 fully saturated rings. The van der Waals surface area contributed by atoms with Crippen molar-refractivity contribution in [1.29, 1.82) is 0 Å². The Hall–Kier alpha value is -1.88. The first-order valence-corrected chi connectivity index (χ1v) is 8.41. The lowest BCUT2D eigenvalue weighted by Crippen LogP contribution is -2.53. The van der Waals surface area contributed by atoms with Gasteiger partial charge in [0.2, 0.25) is 11.8 Å². The average molecular weight is 315 g/mol. The third-order valence-electron chi connectivity index (χ3n) is 5.16. The number of fused-ring (bicyclic) bond motifs is 1. The van der Waals surface area contributed by atoms with E-state index in [1.807, 2.05) is 31.2 Å². The normalized spacial score (nSPS) is 22.7. The van der Waals surface area contributed by atoms with Crippen LogP contribution in [0.2, 0.25) is 0 Å². The molecule has 0 spiro atoms. The molecule has 1 saturated carbocycles. The van der Waals surface area contributed by atoms with Crippen LogP contribution < -0.4 is 16.4 Å². The van der Waals surface area contributed by atoms with Crippen molar-refractivity contribution in [3.63, 3.8) is 0 Å². The molecule has 3 rings (SSSR count). The van der Waals surface area contributed by atoms with Crippen molar-refractivity contribution in [2.75, 3.05) is 11.9 Å². The SMILES string of the molecule is CC(CN)(NC(=O)CCC1Cc2ccccc2NC1=O)C1CC1. The molecular weight excluding hydrogens is 290 g/mol. The third kappa shape index (κ3) is 3.55. The van der Waals surface area contributed by atoms with Crippen molar-refractivity contribution in [2.45, 2.75) is 44.6 Å². The van der Waals surface area contributed by atoms with Crippen LogP contribution >= 0.6 is 0 Å². The monoisotopic (exact) mass is 315 g/mol. The van der Waals surface area contributed by atoms with Crippen LogP contribution in [0.3, 0.4) is 0 Å². The van der Waals surface area contributed by atoms with Crippen LogP contribution in [0.1, 0.15) is 38.2 Å². The van der Waals surface area contributed by atoms with Gasteiger partial charge in [-0.1, -0.05) is 18.2 Å². The first kappa shape index (κ1) is 16.0. The minimum absolute atomic E-state index is 0.00323. The maximum Gasteiger partial charge on any atom is 0.227 e. The Morgan fingerprint density at radius 2 is 2.13 bits per heavy atom. The molecule has 2 unspecified atom stereocenters. The van der Waals surface area contributed by atoms with Gasteiger partial charge in [-0.25, -0.2) is 0 Å². The molecular formula is C18H25N3O2. The van der Waals surface area contributed by atoms with Gasteiger partial charge >= 0.3 is 0 Å². The van der Waals surface area contributed by atoms with Gasteiger partial charge < -0.3 is 16.4 Å². The van der Waals surface area contributed by atoms with Crippen molar-refractivity contribution in [3.8, 4) is 0 Å². The number of nitrogens with two attached hydrogens (primary N) is 1. The van der Waals surface area contributed by atoms with Gasteiger partial charge in [0.25, 0.3) is 0 Å². The molecule has 1 heterocycles. The summed E-state index contributed by atoms with van der Waals surface area (Å²) in [6, 6.07) is 7.83. The van der Waals surface area contributed by atoms with Crippen LogP contribution in [-0.2, 0) is 16.0 Å². The molecule has 4 N–H and O–H groups in total. The highest BCUT2D eigenvalue weighted by atomic mass is 16.2. The van der Waals surface area contributed by atoms with E-state index in [1.165, 1.54) is 0 Å². The Morgan fingerprint density at radius 3 is 2.83 bits per heavy atom. The average Bonchev–Trinajstić information content (AvgIpc) is 3.38. The Bertz CT molecular complexity index is 612. The van der Waals surface area contributed by atoms with Crippen molar-refractivity contribution >= 4 is 17.5 Å². The highest BCUT2D eigenvalue weighted by molar-refractivity contribution is 5.96. The molecule has 0 saturated heterocycles. The quantitative estimate of drug-likeness (QED) is 0.748. The summed E-state index contributed by atoms with van der Waals surface area (Å²) in [7, 11) is 0. The van der Waals surface area contributed by atoms with Crippen molar-refractivity contribution in [1.82, 2.24) is 5.32 Å². The molecule has 1 aliphatic heterocycles. The maximum atomic E-state index is 12.2. The number of para-hydroxylation sites is 1. The van der Waals surface area contributed by atoms with E-state index >= 15 is 0 Å². The van der Waals surface area contributed by atoms with Crippen molar-refractivity contribution < 1.29 is 9.59 Å². The second kappa shape index (κ2) is 6.32. The number of hydrogen-bond donors (Lipinski definition) is 3. The number of nitrogens with one attached hydrogen (secondary N) is 2. The van der Waals surface area contributed by atoms with E-state index in [-0.39, 0.29) is 23.3 Å². The molecule has 2 amide bonds. The first-order valence-electron chi connectivity index (χ1n) is 8.41. The Balaban J connectivity index is 1.54. The highest BCUT2D eigenvalue weighted by Crippen LogP contribution is 2.39. The predicted octanol–water partition coefficient (Wildman–Crippen LogP) is 1.82. The minimum Gasteiger partial charge on any atom is -0.349 e. The van der Waals surface area contributed by atoms with Crippen LogP contribution in [0.4, 0.5) is 5.69 Å². The van der Waals surface area contributed by atoms with E-state index < -0.39 is 0 Å². The fourth-order valence-electron chi connectivity index (χ4n) is 3.37. The predicted molar refractivity (Wildman–Crippen MR) is 89.8 cm³/mol. The molecule has 23 heavy (non-hydrogen) atoms. The van der Waals surface area contributed by atoms with E-state index in [9.17, 15) is 9.59 Å². The summed E-state index contributed by atoms with van der Waals surface area (Å²) in [4.78, 5) is 24.4. The molecule has 1 aromatic rings. The lowest BCUT2D eigenvalue weighted by atomic mass is 9.89. The summed E-state index contributed by atoms with van der Waals surface area (Å²) in [5.41, 5.74) is 7.57. The fraction of sp³-hybridized carbons (Fsp3) is 0.556. The van der Waals surface area contributed by atoms with E-state index in [0.717, 1.165) is 24.1 Å². The minimum atomic E-state index is -0.293. The van der Waals surface area contributed by atoms with Gasteiger partial charge in [0.1, 0.15) is 0 Å². The standard InChI is InChI=1S/C18H25N3O2/c1-18(11-19,14-7-8-14)21-16(22)9-6-13-10-12-4-2-3-5-15(12)20-17(13)23/h2-5,13-14H,6-11,19H2,1H3,(H,20,23)(H,21,22). The number of rotatable bonds is 6. The summed E-state index contributed by atoms with van der Waals surface area (Å²) in [5.74, 6) is 0.374. The van der Waals surface area contributed by atoms with Gasteiger partial charge in [0.05, 0.1) is 5.54 Å². The second-order valence-electron chi connectivity index (χ2n) is 7.03. The molecule has 5 heteroatoms. The summed E-state index contributed by atoms with van der Waals surface area (Å²) >= 11 is 0. The van der Waals surface area contributed by atoms with Crippen molar-refractivity contribution in [2.24, 2.45) is 17.6 Å². The fourth-order valence-corrected chi connectivity index (χ4v) is 3.37. The lowest BCUT2D eigenvalue weighted by molar-refractivity contribution is -0.124. The van der Waals surface area contributed by atoms with Gasteiger partial charge in [-0.2, -0.15) is 0 Å². The van der Waals surface area contributed by atoms with Crippen molar-refractivity contribution in [3.05, 3.63) is 29.8 Å². The van der Waals surface area contributed by atoms with E-state index in [4.69, 9.17) is 5.73 Å². The maximum absolute atomic E-state index is 12.2. The molecule has 1 aliphatic carbocycles. The molecule has 1 aromatic carbocycles. The zero-order chi connectivity index (χ0) is 16.4. The van der Waals surface area contributed by atoms with Crippen LogP contribution in [0, 0.1) is 11.8 Å². The van der Waals surface area contributed by atoms with E-state index in [0.29, 0.717) is 31.7 Å². The summed E-state index contributed by atoms with van der Waals surface area (Å²) < 4.78 is 0. The molecule has 5 nitrogen and oxygen atoms in total. The smallest absolute Gasteiger partial charge is 0.227 e. The highest BCUT2D eigenvalue weighted by Gasteiger charge is 2.41. The first-order chi connectivity index (χ1) is 11.0. The van der Waals surface area contributed by atoms with Gasteiger partial charge in [-0.15, -0.1) is 0 Å². The molecule has 2 aliphatic rings. The zero-order valence-corrected chi connectivity index (χ0v) is 13.6. The number of carbonyl (C=O) groups is 2. The Kier molecular flexibility index (Phi) is 4.39. The van der Waals surface area contributed by atoms with E-state index in [2.05, 4.69) is 10.6 Å². The largest absolute Gasteiger partial charge is 0.349 e. The molecule has 0 aromatic heterocycles. The zero-order valence-electron chi connectivity index (χ0n) is 13.6. The van der Waals surface area contributed by atoms with Crippen LogP contribution in [-0.4, -0.2) is 23.9 Å². The number of carbonyl (C=O) groups excluding carboxylic acids is 2. The topological polar surface area (TPSA) is 84.2 Å². The molecule has 0 bridgehead atoms. The third-order valence-corrected chi connectivity index (χ3v) is 5.16. The molecule has 0 radical (unpaired) electrons. The number of hydrogen-bond acceptors (Lipinski definition) is 3. The van der Waals surface area contributed by atoms with Gasteiger partial charge in [0, 0.05) is 24.6 Å². The van der Waals surface area contributed by atoms with Gasteiger partial charge in [-0.3, -0.25) is 9.59 Å². The molecule has 124 valence electrons. The molecule has 2 atom stereocenters. The summed E-state index contributed by atoms with van der Waals surface area (Å²) in [6.07, 6.45) is 3.90. The van der Waals surface area contributed by atoms with Crippen LogP contribution in [0.25, 0.3) is 0 Å². The Labute approximate surface area is 137 Å². The Morgan fingerprint density at radius 1 is 1.39 bits per heavy atom. The van der Waals surface area contributed by atoms with E-state index in [1.54, 1.807) is 0 Å². The van der Waals surface area contributed by atoms with Crippen LogP contribution in [0.5, 0.6) is 0 Å². The number of anilines is 1. The van der Waals surface area contributed by atoms with Crippen LogP contribution in [0.15, 0.2) is 24.3 Å². The summed E-state index contributed by atoms with van der Waals surface area (Å²) in [6.45, 7) is 2.48. The van der Waals surface area contributed by atoms with Gasteiger partial charge in [-0.05, 0) is 50.2 Å². The lowest BCUT2D eigenvalue weighted by Gasteiger charge is -2.30. The second-order valence-corrected chi connectivity index (χ2v) is 7.03. The van der Waals surface area contributed by atoms with Gasteiger partial charge in [0.15, 0.2) is 0 Å².